The van der Waals surface area contributed by atoms with Gasteiger partial charge in [0.15, 0.2) is 5.84 Å². The van der Waals surface area contributed by atoms with Gasteiger partial charge in [-0.05, 0) is 102 Å². The summed E-state index contributed by atoms with van der Waals surface area (Å²) in [7, 11) is 0. The van der Waals surface area contributed by atoms with Crippen molar-refractivity contribution in [2.45, 2.75) is 0 Å². The fourth-order valence-electron chi connectivity index (χ4n) is 9.84. The molecular weight excluding hydrogens is 811 g/mol. The number of para-hydroxylation sites is 3. The lowest BCUT2D eigenvalue weighted by Gasteiger charge is -2.14. The zero-order valence-corrected chi connectivity index (χ0v) is 36.6. The minimum Gasteiger partial charge on any atom is -0.309 e. The highest BCUT2D eigenvalue weighted by atomic mass is 15.0. The second-order valence-electron chi connectivity index (χ2n) is 17.1. The van der Waals surface area contributed by atoms with Crippen molar-refractivity contribution in [3.8, 4) is 39.1 Å². The first-order valence-corrected chi connectivity index (χ1v) is 22.8. The molecule has 0 unspecified atom stereocenters. The van der Waals surface area contributed by atoms with Crippen molar-refractivity contribution in [3.05, 3.63) is 265 Å². The van der Waals surface area contributed by atoms with E-state index in [9.17, 15) is 0 Å². The van der Waals surface area contributed by atoms with E-state index in [0.29, 0.717) is 5.71 Å². The quantitative estimate of drug-likeness (QED) is 0.0685. The summed E-state index contributed by atoms with van der Waals surface area (Å²) in [6.07, 6.45) is 4.14. The van der Waals surface area contributed by atoms with Crippen molar-refractivity contribution in [2.24, 2.45) is 4.99 Å². The monoisotopic (exact) mass is 853 g/mol. The number of hydrogen-bond donors (Lipinski definition) is 1. The van der Waals surface area contributed by atoms with Gasteiger partial charge in [-0.25, -0.2) is 4.99 Å². The lowest BCUT2D eigenvalue weighted by Crippen LogP contribution is -2.04. The lowest BCUT2D eigenvalue weighted by molar-refractivity contribution is 1.18. The molecule has 314 valence electrons. The number of aliphatic imine (C=N–C) groups is 1. The summed E-state index contributed by atoms with van der Waals surface area (Å²) in [5.41, 5.74) is 13.9. The maximum atomic E-state index is 9.08. The van der Waals surface area contributed by atoms with Crippen molar-refractivity contribution >= 4 is 71.7 Å². The zero-order valence-electron chi connectivity index (χ0n) is 36.6. The van der Waals surface area contributed by atoms with Crippen molar-refractivity contribution < 1.29 is 0 Å². The fraction of sp³-hybridized carbons (Fsp3) is 0. The van der Waals surface area contributed by atoms with Crippen LogP contribution in [0.4, 0.5) is 0 Å². The first-order valence-electron chi connectivity index (χ1n) is 22.8. The summed E-state index contributed by atoms with van der Waals surface area (Å²) in [6.45, 7) is 0. The van der Waals surface area contributed by atoms with Crippen molar-refractivity contribution in [2.75, 3.05) is 0 Å². The Bertz CT molecular complexity index is 3900. The minimum absolute atomic E-state index is 0.209. The Morgan fingerprint density at radius 2 is 1.01 bits per heavy atom. The van der Waals surface area contributed by atoms with Crippen LogP contribution < -0.4 is 0 Å². The standard InChI is InChI=1S/C64H43N3/c65-64(48-16-3-1-4-17-48)66-60(51-20-13-19-49(41-51)55-26-14-27-58-56-25-11-12-28-61(56)67(63(55)58)52-21-5-2-6-22-52)40-31-43-29-32-44(33-30-43)45-34-36-47(37-35-45)62-54-24-10-8-18-50(54)42-59-53-23-9-7-15-46(53)38-39-57(59)62/h1-42,65H/b40-31+,65-64?,66-60?. The van der Waals surface area contributed by atoms with E-state index in [1.807, 2.05) is 36.4 Å². The first kappa shape index (κ1) is 39.7. The highest BCUT2D eigenvalue weighted by molar-refractivity contribution is 6.21. The average Bonchev–Trinajstić information content (AvgIpc) is 3.74. The van der Waals surface area contributed by atoms with Crippen LogP contribution in [0.5, 0.6) is 0 Å². The van der Waals surface area contributed by atoms with Gasteiger partial charge >= 0.3 is 0 Å². The van der Waals surface area contributed by atoms with E-state index < -0.39 is 0 Å². The molecule has 12 aromatic rings. The molecule has 0 bridgehead atoms. The van der Waals surface area contributed by atoms with Crippen LogP contribution in [-0.2, 0) is 0 Å². The molecule has 0 spiro atoms. The normalized spacial score (nSPS) is 12.0. The molecule has 0 radical (unpaired) electrons. The van der Waals surface area contributed by atoms with Crippen LogP contribution in [0.25, 0.3) is 99.3 Å². The third-order valence-corrected chi connectivity index (χ3v) is 13.1. The van der Waals surface area contributed by atoms with Crippen LogP contribution in [-0.4, -0.2) is 16.1 Å². The lowest BCUT2D eigenvalue weighted by atomic mass is 9.89. The van der Waals surface area contributed by atoms with Crippen LogP contribution in [0.15, 0.2) is 254 Å². The Hall–Kier alpha value is -8.92. The van der Waals surface area contributed by atoms with Gasteiger partial charge in [-0.3, -0.25) is 5.41 Å². The molecule has 3 heteroatoms. The van der Waals surface area contributed by atoms with Crippen LogP contribution in [0, 0.1) is 5.41 Å². The van der Waals surface area contributed by atoms with E-state index >= 15 is 0 Å². The minimum atomic E-state index is 0.209. The van der Waals surface area contributed by atoms with Crippen molar-refractivity contribution in [1.29, 1.82) is 5.41 Å². The van der Waals surface area contributed by atoms with Gasteiger partial charge in [-0.2, -0.15) is 0 Å². The predicted octanol–water partition coefficient (Wildman–Crippen LogP) is 16.8. The Kier molecular flexibility index (Phi) is 10.00. The van der Waals surface area contributed by atoms with E-state index in [4.69, 9.17) is 10.4 Å². The van der Waals surface area contributed by atoms with Gasteiger partial charge in [0.25, 0.3) is 0 Å². The molecule has 11 aromatic carbocycles. The van der Waals surface area contributed by atoms with Crippen molar-refractivity contribution in [3.63, 3.8) is 0 Å². The van der Waals surface area contributed by atoms with Crippen LogP contribution in [0.2, 0.25) is 0 Å². The van der Waals surface area contributed by atoms with Crippen LogP contribution in [0.1, 0.15) is 16.7 Å². The van der Waals surface area contributed by atoms with Gasteiger partial charge in [0.2, 0.25) is 0 Å². The Morgan fingerprint density at radius 3 is 1.81 bits per heavy atom. The molecule has 0 aliphatic carbocycles. The summed E-state index contributed by atoms with van der Waals surface area (Å²) in [6, 6.07) is 86.0. The van der Waals surface area contributed by atoms with Gasteiger partial charge < -0.3 is 4.57 Å². The van der Waals surface area contributed by atoms with E-state index in [1.165, 1.54) is 59.7 Å². The maximum Gasteiger partial charge on any atom is 0.152 e. The number of fused-ring (bicyclic) bond motifs is 7. The number of nitrogens with zero attached hydrogens (tertiary/aromatic N) is 2. The zero-order chi connectivity index (χ0) is 44.7. The van der Waals surface area contributed by atoms with Gasteiger partial charge in [-0.1, -0.05) is 218 Å². The third-order valence-electron chi connectivity index (χ3n) is 13.1. The van der Waals surface area contributed by atoms with Gasteiger partial charge in [0.05, 0.1) is 16.7 Å². The van der Waals surface area contributed by atoms with E-state index in [2.05, 4.69) is 223 Å². The van der Waals surface area contributed by atoms with E-state index in [1.54, 1.807) is 0 Å². The highest BCUT2D eigenvalue weighted by Gasteiger charge is 2.17. The van der Waals surface area contributed by atoms with Crippen LogP contribution >= 0.6 is 0 Å². The molecule has 1 heterocycles. The van der Waals surface area contributed by atoms with Crippen molar-refractivity contribution in [1.82, 2.24) is 4.57 Å². The molecule has 0 fully saturated rings. The fourth-order valence-corrected chi connectivity index (χ4v) is 9.84. The molecule has 12 rings (SSSR count). The number of aromatic nitrogens is 1. The summed E-state index contributed by atoms with van der Waals surface area (Å²) >= 11 is 0. The Labute approximate surface area is 389 Å². The molecule has 0 aliphatic rings. The van der Waals surface area contributed by atoms with Gasteiger partial charge in [-0.15, -0.1) is 0 Å². The molecule has 0 saturated carbocycles. The summed E-state index contributed by atoms with van der Waals surface area (Å²) < 4.78 is 2.37. The second-order valence-corrected chi connectivity index (χ2v) is 17.1. The molecular formula is C64H43N3. The smallest absolute Gasteiger partial charge is 0.152 e. The highest BCUT2D eigenvalue weighted by Crippen LogP contribution is 2.41. The second kappa shape index (κ2) is 16.9. The van der Waals surface area contributed by atoms with Gasteiger partial charge in [0.1, 0.15) is 0 Å². The Morgan fingerprint density at radius 1 is 0.403 bits per heavy atom. The number of amidine groups is 1. The molecule has 0 atom stereocenters. The Balaban J connectivity index is 0.887. The number of allylic oxidation sites excluding steroid dienone is 1. The van der Waals surface area contributed by atoms with E-state index in [-0.39, 0.29) is 5.84 Å². The SMILES string of the molecule is N=C(N=C(/C=C/c1ccc(-c2ccc(-c3c4ccccc4cc4c3ccc3ccccc34)cc2)cc1)c1cccc(-c2cccc3c4ccccc4n(-c4ccccc4)c23)c1)c1ccccc1. The van der Waals surface area contributed by atoms with Crippen LogP contribution in [0.3, 0.4) is 0 Å². The average molecular weight is 854 g/mol. The largest absolute Gasteiger partial charge is 0.309 e. The molecule has 1 aromatic heterocycles. The van der Waals surface area contributed by atoms with E-state index in [0.717, 1.165) is 50.1 Å². The molecule has 1 N–H and O–H groups in total. The molecule has 0 aliphatic heterocycles. The summed E-state index contributed by atoms with van der Waals surface area (Å²) in [4.78, 5) is 4.99. The molecule has 0 amide bonds. The number of benzene rings is 11. The predicted molar refractivity (Wildman–Crippen MR) is 285 cm³/mol. The number of nitrogens with one attached hydrogen (secondary N) is 1. The molecule has 67 heavy (non-hydrogen) atoms. The topological polar surface area (TPSA) is 41.1 Å². The number of rotatable bonds is 8. The summed E-state index contributed by atoms with van der Waals surface area (Å²) in [5, 5.41) is 19.1. The summed E-state index contributed by atoms with van der Waals surface area (Å²) in [5.74, 6) is 0.209. The van der Waals surface area contributed by atoms with Gasteiger partial charge in [0, 0.05) is 33.2 Å². The third kappa shape index (κ3) is 7.29. The molecule has 0 saturated heterocycles. The first-order chi connectivity index (χ1) is 33.1. The number of hydrogen-bond acceptors (Lipinski definition) is 1. The molecule has 3 nitrogen and oxygen atoms in total. The maximum absolute atomic E-state index is 9.08.